The van der Waals surface area contributed by atoms with Crippen LogP contribution in [-0.2, 0) is 0 Å². The number of hydrogen-bond donors (Lipinski definition) is 3. The molecule has 3 nitrogen and oxygen atoms in total. The van der Waals surface area contributed by atoms with Crippen molar-refractivity contribution < 1.29 is 0 Å². The lowest BCUT2D eigenvalue weighted by molar-refractivity contribution is 0.389. The molecule has 168 valence electrons. The van der Waals surface area contributed by atoms with Gasteiger partial charge in [-0.05, 0) is 112 Å². The second-order valence-corrected chi connectivity index (χ2v) is 10.4. The van der Waals surface area contributed by atoms with Crippen molar-refractivity contribution in [1.29, 1.82) is 0 Å². The SMILES string of the molecule is CCC1CC(C)(CC)Nc2ccc(Nc3ccc4c(c3)C(CC)CC(C)(CC)N4)cc21. The van der Waals surface area contributed by atoms with Crippen molar-refractivity contribution >= 4 is 22.7 Å². The molecule has 0 amide bonds. The van der Waals surface area contributed by atoms with Gasteiger partial charge in [-0.25, -0.2) is 0 Å². The molecular formula is C28H41N3. The molecule has 2 heterocycles. The average molecular weight is 420 g/mol. The number of nitrogens with one attached hydrogen (secondary N) is 3. The van der Waals surface area contributed by atoms with E-state index in [0.717, 1.165) is 12.8 Å². The summed E-state index contributed by atoms with van der Waals surface area (Å²) in [7, 11) is 0. The number of hydrogen-bond acceptors (Lipinski definition) is 3. The molecule has 0 saturated carbocycles. The molecule has 2 aliphatic rings. The minimum absolute atomic E-state index is 0.205. The highest BCUT2D eigenvalue weighted by atomic mass is 15.0. The van der Waals surface area contributed by atoms with Crippen LogP contribution in [0.2, 0.25) is 0 Å². The van der Waals surface area contributed by atoms with Gasteiger partial charge in [0.2, 0.25) is 0 Å². The van der Waals surface area contributed by atoms with Crippen LogP contribution in [0.5, 0.6) is 0 Å². The Morgan fingerprint density at radius 2 is 1.16 bits per heavy atom. The fourth-order valence-electron chi connectivity index (χ4n) is 5.60. The van der Waals surface area contributed by atoms with Gasteiger partial charge in [-0.1, -0.05) is 27.7 Å². The standard InChI is InChI=1S/C28H41N3/c1-7-19-17-27(5,9-3)30-25-13-11-21(15-23(19)25)29-22-12-14-26-24(16-22)20(8-2)18-28(6,10-4)31-26/h11-16,19-20,29-31H,7-10,17-18H2,1-6H3. The van der Waals surface area contributed by atoms with Crippen molar-refractivity contribution in [3.63, 3.8) is 0 Å². The molecular weight excluding hydrogens is 378 g/mol. The molecule has 0 fully saturated rings. The van der Waals surface area contributed by atoms with Crippen LogP contribution in [0.4, 0.5) is 22.7 Å². The van der Waals surface area contributed by atoms with Crippen LogP contribution in [0, 0.1) is 0 Å². The Hall–Kier alpha value is -2.16. The summed E-state index contributed by atoms with van der Waals surface area (Å²) in [5.41, 5.74) is 8.34. The first kappa shape index (κ1) is 22.0. The Kier molecular flexibility index (Phi) is 5.98. The predicted molar refractivity (Wildman–Crippen MR) is 136 cm³/mol. The molecule has 4 atom stereocenters. The van der Waals surface area contributed by atoms with Crippen LogP contribution >= 0.6 is 0 Å². The van der Waals surface area contributed by atoms with Gasteiger partial charge in [0.15, 0.2) is 0 Å². The van der Waals surface area contributed by atoms with Crippen LogP contribution in [0.25, 0.3) is 0 Å². The van der Waals surface area contributed by atoms with E-state index < -0.39 is 0 Å². The molecule has 0 aromatic heterocycles. The average Bonchev–Trinajstić information content (AvgIpc) is 2.78. The minimum atomic E-state index is 0.205. The van der Waals surface area contributed by atoms with Crippen LogP contribution in [0.1, 0.15) is 103 Å². The highest BCUT2D eigenvalue weighted by Gasteiger charge is 2.34. The van der Waals surface area contributed by atoms with Crippen molar-refractivity contribution in [1.82, 2.24) is 0 Å². The maximum atomic E-state index is 3.81. The first-order valence-corrected chi connectivity index (χ1v) is 12.4. The molecule has 0 bridgehead atoms. The normalized spacial score (nSPS) is 29.4. The molecule has 2 aromatic carbocycles. The first-order chi connectivity index (χ1) is 14.8. The minimum Gasteiger partial charge on any atom is -0.380 e. The van der Waals surface area contributed by atoms with E-state index in [1.807, 2.05) is 0 Å². The summed E-state index contributed by atoms with van der Waals surface area (Å²) in [5.74, 6) is 1.23. The molecule has 0 saturated heterocycles. The number of anilines is 4. The Morgan fingerprint density at radius 3 is 1.52 bits per heavy atom. The summed E-state index contributed by atoms with van der Waals surface area (Å²) in [6, 6.07) is 13.7. The molecule has 2 aliphatic heterocycles. The van der Waals surface area contributed by atoms with Crippen LogP contribution < -0.4 is 16.0 Å². The highest BCUT2D eigenvalue weighted by Crippen LogP contribution is 2.45. The van der Waals surface area contributed by atoms with Crippen LogP contribution in [0.15, 0.2) is 36.4 Å². The highest BCUT2D eigenvalue weighted by molar-refractivity contribution is 5.71. The lowest BCUT2D eigenvalue weighted by atomic mass is 9.77. The fraction of sp³-hybridized carbons (Fsp3) is 0.571. The van der Waals surface area contributed by atoms with E-state index in [4.69, 9.17) is 0 Å². The number of rotatable bonds is 6. The van der Waals surface area contributed by atoms with Crippen molar-refractivity contribution in [2.45, 2.75) is 103 Å². The predicted octanol–water partition coefficient (Wildman–Crippen LogP) is 8.39. The lowest BCUT2D eigenvalue weighted by Gasteiger charge is -2.41. The van der Waals surface area contributed by atoms with E-state index in [1.54, 1.807) is 0 Å². The van der Waals surface area contributed by atoms with Gasteiger partial charge in [-0.15, -0.1) is 0 Å². The van der Waals surface area contributed by atoms with Crippen LogP contribution in [-0.4, -0.2) is 11.1 Å². The maximum Gasteiger partial charge on any atom is 0.0388 e. The lowest BCUT2D eigenvalue weighted by Crippen LogP contribution is -2.39. The summed E-state index contributed by atoms with van der Waals surface area (Å²) in [5, 5.41) is 11.3. The number of benzene rings is 2. The van der Waals surface area contributed by atoms with Gasteiger partial charge >= 0.3 is 0 Å². The second-order valence-electron chi connectivity index (χ2n) is 10.4. The second kappa shape index (κ2) is 8.41. The fourth-order valence-corrected chi connectivity index (χ4v) is 5.60. The van der Waals surface area contributed by atoms with Crippen molar-refractivity contribution in [3.8, 4) is 0 Å². The zero-order valence-electron chi connectivity index (χ0n) is 20.4. The van der Waals surface area contributed by atoms with E-state index in [0.29, 0.717) is 11.8 Å². The topological polar surface area (TPSA) is 36.1 Å². The van der Waals surface area contributed by atoms with Gasteiger partial charge in [-0.3, -0.25) is 0 Å². The van der Waals surface area contributed by atoms with Crippen molar-refractivity contribution in [3.05, 3.63) is 47.5 Å². The van der Waals surface area contributed by atoms with Crippen molar-refractivity contribution in [2.75, 3.05) is 16.0 Å². The quantitative estimate of drug-likeness (QED) is 0.440. The Balaban J connectivity index is 1.60. The molecule has 4 unspecified atom stereocenters. The molecule has 0 radical (unpaired) electrons. The Morgan fingerprint density at radius 1 is 0.742 bits per heavy atom. The third-order valence-electron chi connectivity index (χ3n) is 8.08. The molecule has 0 aliphatic carbocycles. The Labute approximate surface area is 189 Å². The van der Waals surface area contributed by atoms with E-state index in [2.05, 4.69) is 93.9 Å². The van der Waals surface area contributed by atoms with Gasteiger partial charge in [0.1, 0.15) is 0 Å². The molecule has 2 aromatic rings. The van der Waals surface area contributed by atoms with Gasteiger partial charge in [0.25, 0.3) is 0 Å². The smallest absolute Gasteiger partial charge is 0.0388 e. The first-order valence-electron chi connectivity index (χ1n) is 12.4. The summed E-state index contributed by atoms with van der Waals surface area (Å²) in [6.07, 6.45) is 7.09. The van der Waals surface area contributed by atoms with E-state index in [-0.39, 0.29) is 11.1 Å². The summed E-state index contributed by atoms with van der Waals surface area (Å²) < 4.78 is 0. The molecule has 3 heteroatoms. The monoisotopic (exact) mass is 419 g/mol. The summed E-state index contributed by atoms with van der Waals surface area (Å²) >= 11 is 0. The van der Waals surface area contributed by atoms with E-state index in [9.17, 15) is 0 Å². The number of fused-ring (bicyclic) bond motifs is 2. The van der Waals surface area contributed by atoms with E-state index in [1.165, 1.54) is 59.6 Å². The maximum absolute atomic E-state index is 3.81. The van der Waals surface area contributed by atoms with Gasteiger partial charge in [0, 0.05) is 33.8 Å². The summed E-state index contributed by atoms with van der Waals surface area (Å²) in [6.45, 7) is 13.9. The third-order valence-corrected chi connectivity index (χ3v) is 8.08. The van der Waals surface area contributed by atoms with Gasteiger partial charge in [-0.2, -0.15) is 0 Å². The third kappa shape index (κ3) is 4.29. The zero-order chi connectivity index (χ0) is 22.2. The zero-order valence-corrected chi connectivity index (χ0v) is 20.4. The van der Waals surface area contributed by atoms with Crippen molar-refractivity contribution in [2.24, 2.45) is 0 Å². The van der Waals surface area contributed by atoms with Gasteiger partial charge in [0.05, 0.1) is 0 Å². The summed E-state index contributed by atoms with van der Waals surface area (Å²) in [4.78, 5) is 0. The molecule has 0 spiro atoms. The van der Waals surface area contributed by atoms with Gasteiger partial charge < -0.3 is 16.0 Å². The molecule has 4 rings (SSSR count). The molecule has 3 N–H and O–H groups in total. The van der Waals surface area contributed by atoms with E-state index >= 15 is 0 Å². The van der Waals surface area contributed by atoms with Crippen LogP contribution in [0.3, 0.4) is 0 Å². The molecule has 31 heavy (non-hydrogen) atoms. The largest absolute Gasteiger partial charge is 0.380 e. The Bertz CT molecular complexity index is 860.